The molecule has 13 heteroatoms. The van der Waals surface area contributed by atoms with Crippen molar-refractivity contribution in [2.45, 2.75) is 38.4 Å². The molecule has 1 aliphatic heterocycles. The number of benzene rings is 1. The van der Waals surface area contributed by atoms with E-state index < -0.39 is 34.0 Å². The number of anilines is 2. The maximum absolute atomic E-state index is 13.2. The van der Waals surface area contributed by atoms with E-state index in [1.165, 1.54) is 23.1 Å². The van der Waals surface area contributed by atoms with Crippen LogP contribution in [0.15, 0.2) is 35.0 Å². The highest BCUT2D eigenvalue weighted by Crippen LogP contribution is 2.32. The molecule has 3 rings (SSSR count). The zero-order chi connectivity index (χ0) is 24.4. The molecule has 2 heterocycles. The molecule has 0 radical (unpaired) electrons. The number of likely N-dealkylation sites (tertiary alicyclic amines) is 1. The number of likely N-dealkylation sites (N-methyl/N-ethyl adjacent to an activating group) is 1. The number of alkyl halides is 3. The van der Waals surface area contributed by atoms with Crippen molar-refractivity contribution in [2.75, 3.05) is 29.8 Å². The van der Waals surface area contributed by atoms with Crippen molar-refractivity contribution in [3.63, 3.8) is 0 Å². The Morgan fingerprint density at radius 3 is 2.64 bits per heavy atom. The van der Waals surface area contributed by atoms with Crippen molar-refractivity contribution in [3.8, 4) is 0 Å². The first-order valence-corrected chi connectivity index (χ1v) is 11.8. The standard InChI is InChI=1S/C20H27F3N6O3S/c1-4-14-8-15(20(21,22)23)10-16(9-14)25-19(30)26-33(31,32)29(18-11-24-28(3)13-18)17-6-5-7-27(2)12-17/h8-11,13,17H,4-7,12H2,1-3H3,(H2,25,26,30)/p-1. The number of hydrogen-bond acceptors (Lipinski definition) is 5. The van der Waals surface area contributed by atoms with Gasteiger partial charge in [0.1, 0.15) is 0 Å². The highest BCUT2D eigenvalue weighted by molar-refractivity contribution is 7.91. The SMILES string of the molecule is CCc1cc(N/C([O-])=N/S(=O)(=O)N(c2cnn(C)c2)C2CCCN(C)C2)cc(C(F)(F)F)c1. The zero-order valence-electron chi connectivity index (χ0n) is 18.5. The second-order valence-electron chi connectivity index (χ2n) is 8.00. The monoisotopic (exact) mass is 487 g/mol. The number of aryl methyl sites for hydroxylation is 2. The van der Waals surface area contributed by atoms with Crippen LogP contribution in [0.4, 0.5) is 24.5 Å². The molecule has 1 aliphatic rings. The largest absolute Gasteiger partial charge is 0.845 e. The van der Waals surface area contributed by atoms with E-state index in [0.29, 0.717) is 24.9 Å². The van der Waals surface area contributed by atoms with Crippen molar-refractivity contribution in [3.05, 3.63) is 41.7 Å². The fourth-order valence-corrected chi connectivity index (χ4v) is 5.06. The first-order valence-electron chi connectivity index (χ1n) is 10.4. The summed E-state index contributed by atoms with van der Waals surface area (Å²) in [6.45, 7) is 2.91. The van der Waals surface area contributed by atoms with Gasteiger partial charge in [0.05, 0.1) is 29.5 Å². The van der Waals surface area contributed by atoms with Gasteiger partial charge in [0.2, 0.25) is 0 Å². The zero-order valence-corrected chi connectivity index (χ0v) is 19.3. The Morgan fingerprint density at radius 1 is 1.33 bits per heavy atom. The smallest absolute Gasteiger partial charge is 0.416 e. The summed E-state index contributed by atoms with van der Waals surface area (Å²) in [6.07, 6.45) is -0.142. The van der Waals surface area contributed by atoms with Crippen LogP contribution in [0.5, 0.6) is 0 Å². The highest BCUT2D eigenvalue weighted by atomic mass is 32.2. The van der Waals surface area contributed by atoms with Gasteiger partial charge in [-0.05, 0) is 56.6 Å². The molecule has 2 aromatic rings. The molecule has 1 fully saturated rings. The third kappa shape index (κ3) is 6.16. The predicted octanol–water partition coefficient (Wildman–Crippen LogP) is 1.98. The van der Waals surface area contributed by atoms with E-state index in [9.17, 15) is 26.7 Å². The second kappa shape index (κ2) is 9.59. The second-order valence-corrected chi connectivity index (χ2v) is 9.47. The Balaban J connectivity index is 1.93. The summed E-state index contributed by atoms with van der Waals surface area (Å²) >= 11 is 0. The minimum atomic E-state index is -4.61. The topological polar surface area (TPSA) is 106 Å². The van der Waals surface area contributed by atoms with E-state index in [1.54, 1.807) is 14.0 Å². The van der Waals surface area contributed by atoms with E-state index in [2.05, 4.69) is 14.8 Å². The summed E-state index contributed by atoms with van der Waals surface area (Å²) in [5.74, 6) is 0. The molecular formula is C20H26F3N6O3S-. The van der Waals surface area contributed by atoms with Gasteiger partial charge in [0.25, 0.3) is 0 Å². The van der Waals surface area contributed by atoms with Crippen LogP contribution in [0.3, 0.4) is 0 Å². The minimum Gasteiger partial charge on any atom is -0.845 e. The van der Waals surface area contributed by atoms with Crippen molar-refractivity contribution in [2.24, 2.45) is 11.4 Å². The van der Waals surface area contributed by atoms with Gasteiger partial charge >= 0.3 is 16.4 Å². The fourth-order valence-electron chi connectivity index (χ4n) is 3.81. The third-order valence-electron chi connectivity index (χ3n) is 5.30. The Kier molecular flexibility index (Phi) is 7.22. The molecule has 33 heavy (non-hydrogen) atoms. The lowest BCUT2D eigenvalue weighted by molar-refractivity contribution is -0.213. The lowest BCUT2D eigenvalue weighted by Crippen LogP contribution is -2.49. The predicted molar refractivity (Wildman–Crippen MR) is 117 cm³/mol. The average Bonchev–Trinajstić information content (AvgIpc) is 3.11. The van der Waals surface area contributed by atoms with Crippen LogP contribution in [0, 0.1) is 0 Å². The quantitative estimate of drug-likeness (QED) is 0.493. The van der Waals surface area contributed by atoms with Gasteiger partial charge in [-0.15, -0.1) is 4.40 Å². The molecule has 0 aliphatic carbocycles. The van der Waals surface area contributed by atoms with E-state index >= 15 is 0 Å². The lowest BCUT2D eigenvalue weighted by Gasteiger charge is -2.36. The minimum absolute atomic E-state index is 0.184. The van der Waals surface area contributed by atoms with Crippen LogP contribution >= 0.6 is 0 Å². The van der Waals surface area contributed by atoms with Crippen LogP contribution in [0.25, 0.3) is 0 Å². The number of hydrogen-bond donors (Lipinski definition) is 1. The van der Waals surface area contributed by atoms with E-state index in [-0.39, 0.29) is 11.4 Å². The van der Waals surface area contributed by atoms with E-state index in [4.69, 9.17) is 0 Å². The summed E-state index contributed by atoms with van der Waals surface area (Å²) < 4.78 is 71.7. The summed E-state index contributed by atoms with van der Waals surface area (Å²) in [7, 11) is -1.02. The van der Waals surface area contributed by atoms with Gasteiger partial charge in [-0.3, -0.25) is 4.68 Å². The normalized spacial score (nSPS) is 18.4. The average molecular weight is 488 g/mol. The molecule has 9 nitrogen and oxygen atoms in total. The number of nitrogens with one attached hydrogen (secondary N) is 1. The Bertz CT molecular complexity index is 1120. The maximum atomic E-state index is 13.2. The Labute approximate surface area is 190 Å². The molecule has 0 spiro atoms. The van der Waals surface area contributed by atoms with Gasteiger partial charge in [-0.2, -0.15) is 26.7 Å². The highest BCUT2D eigenvalue weighted by Gasteiger charge is 2.34. The molecule has 1 saturated heterocycles. The number of aromatic nitrogens is 2. The maximum Gasteiger partial charge on any atom is 0.416 e. The molecule has 0 bridgehead atoms. The van der Waals surface area contributed by atoms with Gasteiger partial charge in [-0.1, -0.05) is 6.92 Å². The molecule has 1 atom stereocenters. The summed E-state index contributed by atoms with van der Waals surface area (Å²) in [6, 6.07) is 1.32. The van der Waals surface area contributed by atoms with Crippen molar-refractivity contribution in [1.82, 2.24) is 14.7 Å². The van der Waals surface area contributed by atoms with Gasteiger partial charge in [0, 0.05) is 25.5 Å². The number of halogens is 3. The lowest BCUT2D eigenvalue weighted by atomic mass is 10.1. The van der Waals surface area contributed by atoms with Crippen molar-refractivity contribution < 1.29 is 26.7 Å². The van der Waals surface area contributed by atoms with Gasteiger partial charge in [0.15, 0.2) is 0 Å². The summed E-state index contributed by atoms with van der Waals surface area (Å²) in [4.78, 5) is 1.97. The molecule has 0 amide bonds. The molecule has 182 valence electrons. The van der Waals surface area contributed by atoms with Gasteiger partial charge in [-0.25, -0.2) is 4.31 Å². The summed E-state index contributed by atoms with van der Waals surface area (Å²) in [5.41, 5.74) is -0.537. The van der Waals surface area contributed by atoms with E-state index in [0.717, 1.165) is 29.4 Å². The molecule has 1 aromatic heterocycles. The summed E-state index contributed by atoms with van der Waals surface area (Å²) in [5, 5.41) is 18.7. The number of rotatable bonds is 6. The number of amidine groups is 1. The van der Waals surface area contributed by atoms with Crippen LogP contribution in [-0.4, -0.2) is 55.3 Å². The number of piperidine rings is 1. The van der Waals surface area contributed by atoms with Crippen molar-refractivity contribution >= 4 is 27.6 Å². The molecule has 1 N–H and O–H groups in total. The first kappa shape index (κ1) is 24.8. The fraction of sp³-hybridized carbons (Fsp3) is 0.500. The van der Waals surface area contributed by atoms with Gasteiger partial charge < -0.3 is 15.3 Å². The Morgan fingerprint density at radius 2 is 2.06 bits per heavy atom. The molecule has 0 saturated carbocycles. The molecule has 1 aromatic carbocycles. The van der Waals surface area contributed by atoms with Crippen LogP contribution < -0.4 is 14.7 Å². The third-order valence-corrected chi connectivity index (χ3v) is 6.71. The molecular weight excluding hydrogens is 461 g/mol. The van der Waals surface area contributed by atoms with Crippen molar-refractivity contribution in [1.29, 1.82) is 0 Å². The van der Waals surface area contributed by atoms with Crippen LogP contribution in [0.1, 0.15) is 30.9 Å². The van der Waals surface area contributed by atoms with Crippen LogP contribution in [-0.2, 0) is 29.9 Å². The number of nitrogens with zero attached hydrogens (tertiary/aromatic N) is 5. The molecule has 1 unspecified atom stereocenters. The Hall–Kier alpha value is -2.80. The first-order chi connectivity index (χ1) is 15.4. The van der Waals surface area contributed by atoms with E-state index in [1.807, 2.05) is 11.9 Å². The van der Waals surface area contributed by atoms with Crippen LogP contribution in [0.2, 0.25) is 0 Å².